The summed E-state index contributed by atoms with van der Waals surface area (Å²) in [5, 5.41) is 8.82. The highest BCUT2D eigenvalue weighted by molar-refractivity contribution is 7.89. The van der Waals surface area contributed by atoms with E-state index in [2.05, 4.69) is 4.72 Å². The highest BCUT2D eigenvalue weighted by atomic mass is 32.2. The molecule has 1 aromatic heterocycles. The molecule has 0 aromatic carbocycles. The number of rotatable bonds is 5. The van der Waals surface area contributed by atoms with Crippen LogP contribution in [0.15, 0.2) is 15.4 Å². The van der Waals surface area contributed by atoms with Gasteiger partial charge in [0.2, 0.25) is 15.8 Å². The number of carboxylic acids is 1. The summed E-state index contributed by atoms with van der Waals surface area (Å²) >= 11 is 0. The van der Waals surface area contributed by atoms with E-state index >= 15 is 0 Å². The minimum Gasteiger partial charge on any atom is -0.475 e. The van der Waals surface area contributed by atoms with Crippen molar-refractivity contribution in [2.24, 2.45) is 0 Å². The number of carbonyl (C=O) groups is 1. The molecule has 0 amide bonds. The molecule has 118 valence electrons. The van der Waals surface area contributed by atoms with Crippen LogP contribution in [0.3, 0.4) is 0 Å². The number of carboxylic acid groups (broad SMARTS) is 1. The maximum absolute atomic E-state index is 12.2. The summed E-state index contributed by atoms with van der Waals surface area (Å²) in [5.74, 6) is -1.67. The van der Waals surface area contributed by atoms with Crippen LogP contribution in [0.1, 0.15) is 16.3 Å². The molecule has 0 radical (unpaired) electrons. The molecular weight excluding hydrogens is 300 g/mol. The zero-order valence-corrected chi connectivity index (χ0v) is 12.6. The molecule has 0 spiro atoms. The number of furan rings is 1. The van der Waals surface area contributed by atoms with E-state index in [4.69, 9.17) is 14.3 Å². The van der Waals surface area contributed by atoms with Gasteiger partial charge >= 0.3 is 5.97 Å². The maximum atomic E-state index is 12.2. The average Bonchev–Trinajstić information content (AvgIpc) is 2.80. The number of aromatic carboxylic acids is 1. The summed E-state index contributed by atoms with van der Waals surface area (Å²) in [6.07, 6.45) is -0.232. The first-order valence-electron chi connectivity index (χ1n) is 6.43. The van der Waals surface area contributed by atoms with Gasteiger partial charge in [-0.3, -0.25) is 0 Å². The first kappa shape index (κ1) is 16.0. The Balaban J connectivity index is 2.06. The predicted molar refractivity (Wildman–Crippen MR) is 72.8 cm³/mol. The third-order valence-electron chi connectivity index (χ3n) is 3.22. The van der Waals surface area contributed by atoms with E-state index in [0.717, 1.165) is 12.6 Å². The molecule has 2 N–H and O–H groups in total. The number of ether oxygens (including phenoxy) is 1. The number of nitrogens with zero attached hydrogens (tertiary/aromatic N) is 1. The molecule has 9 heteroatoms. The molecule has 0 saturated carbocycles. The number of sulfonamides is 1. The average molecular weight is 318 g/mol. The van der Waals surface area contributed by atoms with Gasteiger partial charge in [0, 0.05) is 25.7 Å². The molecule has 1 fully saturated rings. The van der Waals surface area contributed by atoms with Crippen molar-refractivity contribution in [1.82, 2.24) is 9.62 Å². The Labute approximate surface area is 122 Å². The lowest BCUT2D eigenvalue weighted by Gasteiger charge is -2.29. The van der Waals surface area contributed by atoms with Gasteiger partial charge < -0.3 is 19.2 Å². The largest absolute Gasteiger partial charge is 0.475 e. The van der Waals surface area contributed by atoms with E-state index < -0.39 is 21.8 Å². The summed E-state index contributed by atoms with van der Waals surface area (Å²) in [7, 11) is -1.89. The van der Waals surface area contributed by atoms with Crippen molar-refractivity contribution in [2.45, 2.75) is 17.9 Å². The first-order chi connectivity index (χ1) is 9.79. The van der Waals surface area contributed by atoms with Crippen molar-refractivity contribution < 1.29 is 27.5 Å². The number of likely N-dealkylation sites (N-methyl/N-ethyl adjacent to an activating group) is 1. The lowest BCUT2D eigenvalue weighted by Crippen LogP contribution is -2.45. The lowest BCUT2D eigenvalue weighted by atomic mass is 10.3. The molecule has 2 heterocycles. The van der Waals surface area contributed by atoms with Crippen LogP contribution in [0.4, 0.5) is 0 Å². The fraction of sp³-hybridized carbons (Fsp3) is 0.583. The minimum absolute atomic E-state index is 0.0431. The predicted octanol–water partition coefficient (Wildman–Crippen LogP) is -0.105. The Morgan fingerprint density at radius 3 is 2.86 bits per heavy atom. The van der Waals surface area contributed by atoms with Crippen molar-refractivity contribution in [3.05, 3.63) is 17.6 Å². The number of hydrogen-bond donors (Lipinski definition) is 2. The van der Waals surface area contributed by atoms with E-state index in [-0.39, 0.29) is 23.3 Å². The van der Waals surface area contributed by atoms with Crippen molar-refractivity contribution in [3.63, 3.8) is 0 Å². The molecule has 1 unspecified atom stereocenters. The molecule has 1 aromatic rings. The van der Waals surface area contributed by atoms with Crippen molar-refractivity contribution in [1.29, 1.82) is 0 Å². The third-order valence-corrected chi connectivity index (χ3v) is 4.75. The summed E-state index contributed by atoms with van der Waals surface area (Å²) < 4.78 is 37.2. The van der Waals surface area contributed by atoms with Gasteiger partial charge in [0.1, 0.15) is 10.7 Å². The summed E-state index contributed by atoms with van der Waals surface area (Å²) in [6, 6.07) is 1.01. The van der Waals surface area contributed by atoms with Crippen LogP contribution >= 0.6 is 0 Å². The van der Waals surface area contributed by atoms with Crippen molar-refractivity contribution >= 4 is 16.0 Å². The Morgan fingerprint density at radius 1 is 1.57 bits per heavy atom. The van der Waals surface area contributed by atoms with Crippen LogP contribution in [0.2, 0.25) is 0 Å². The monoisotopic (exact) mass is 318 g/mol. The Bertz CT molecular complexity index is 624. The Kier molecular flexibility index (Phi) is 4.67. The molecule has 1 atom stereocenters. The van der Waals surface area contributed by atoms with Crippen molar-refractivity contribution in [2.75, 3.05) is 33.3 Å². The molecule has 1 aliphatic heterocycles. The zero-order chi connectivity index (χ0) is 15.6. The van der Waals surface area contributed by atoms with Gasteiger partial charge in [-0.25, -0.2) is 17.9 Å². The molecule has 0 aliphatic carbocycles. The smallest absolute Gasteiger partial charge is 0.371 e. The van der Waals surface area contributed by atoms with Gasteiger partial charge in [-0.15, -0.1) is 0 Å². The van der Waals surface area contributed by atoms with Crippen LogP contribution in [0, 0.1) is 6.92 Å². The second kappa shape index (κ2) is 6.14. The van der Waals surface area contributed by atoms with E-state index in [1.54, 1.807) is 0 Å². The summed E-state index contributed by atoms with van der Waals surface area (Å²) in [6.45, 7) is 3.53. The number of hydrogen-bond acceptors (Lipinski definition) is 6. The van der Waals surface area contributed by atoms with E-state index in [9.17, 15) is 13.2 Å². The maximum Gasteiger partial charge on any atom is 0.371 e. The molecule has 21 heavy (non-hydrogen) atoms. The summed E-state index contributed by atoms with van der Waals surface area (Å²) in [4.78, 5) is 12.7. The molecule has 0 bridgehead atoms. The summed E-state index contributed by atoms with van der Waals surface area (Å²) in [5.41, 5.74) is 0. The molecule has 1 saturated heterocycles. The SMILES string of the molecule is Cc1oc(C(=O)O)cc1S(=O)(=O)NCC1CN(C)CCO1. The molecule has 2 rings (SSSR count). The van der Waals surface area contributed by atoms with E-state index in [0.29, 0.717) is 13.2 Å². The fourth-order valence-corrected chi connectivity index (χ4v) is 3.35. The van der Waals surface area contributed by atoms with Crippen LogP contribution in [0.5, 0.6) is 0 Å². The van der Waals surface area contributed by atoms with E-state index in [1.165, 1.54) is 6.92 Å². The van der Waals surface area contributed by atoms with Gasteiger partial charge in [0.05, 0.1) is 12.7 Å². The zero-order valence-electron chi connectivity index (χ0n) is 11.8. The number of morpholine rings is 1. The number of aryl methyl sites for hydroxylation is 1. The van der Waals surface area contributed by atoms with Crippen molar-refractivity contribution in [3.8, 4) is 0 Å². The second-order valence-corrected chi connectivity index (χ2v) is 6.68. The Morgan fingerprint density at radius 2 is 2.29 bits per heavy atom. The Hall–Kier alpha value is -1.42. The van der Waals surface area contributed by atoms with Gasteiger partial charge in [0.15, 0.2) is 0 Å². The van der Waals surface area contributed by atoms with Crippen LogP contribution in [0.25, 0.3) is 0 Å². The molecule has 1 aliphatic rings. The standard InChI is InChI=1S/C12H18N2O6S/c1-8-11(5-10(20-8)12(15)16)21(17,18)13-6-9-7-14(2)3-4-19-9/h5,9,13H,3-4,6-7H2,1-2H3,(H,15,16). The van der Waals surface area contributed by atoms with Crippen LogP contribution in [-0.4, -0.2) is 63.8 Å². The minimum atomic E-state index is -3.83. The lowest BCUT2D eigenvalue weighted by molar-refractivity contribution is -0.0156. The van der Waals surface area contributed by atoms with Gasteiger partial charge in [-0.2, -0.15) is 0 Å². The molecular formula is C12H18N2O6S. The highest BCUT2D eigenvalue weighted by Gasteiger charge is 2.26. The number of nitrogens with one attached hydrogen (secondary N) is 1. The van der Waals surface area contributed by atoms with Crippen LogP contribution < -0.4 is 4.72 Å². The molecule has 8 nitrogen and oxygen atoms in total. The second-order valence-electron chi connectivity index (χ2n) is 4.94. The van der Waals surface area contributed by atoms with Gasteiger partial charge in [-0.1, -0.05) is 0 Å². The topological polar surface area (TPSA) is 109 Å². The first-order valence-corrected chi connectivity index (χ1v) is 7.91. The fourth-order valence-electron chi connectivity index (χ4n) is 2.11. The quantitative estimate of drug-likeness (QED) is 0.780. The third kappa shape index (κ3) is 3.82. The van der Waals surface area contributed by atoms with Crippen LogP contribution in [-0.2, 0) is 14.8 Å². The van der Waals surface area contributed by atoms with Gasteiger partial charge in [0.25, 0.3) is 0 Å². The van der Waals surface area contributed by atoms with E-state index in [1.807, 2.05) is 11.9 Å². The van der Waals surface area contributed by atoms with Gasteiger partial charge in [-0.05, 0) is 14.0 Å². The normalized spacial score (nSPS) is 20.6. The highest BCUT2D eigenvalue weighted by Crippen LogP contribution is 2.20.